The fraction of sp³-hybridized carbons (Fsp3) is 0.312. The third-order valence-corrected chi connectivity index (χ3v) is 3.24. The number of carbonyl (C=O) groups is 1. The molecule has 21 heavy (non-hydrogen) atoms. The maximum absolute atomic E-state index is 12.1. The highest BCUT2D eigenvalue weighted by Crippen LogP contribution is 2.06. The van der Waals surface area contributed by atoms with Crippen LogP contribution in [0, 0.1) is 6.92 Å². The molecule has 0 unspecified atom stereocenters. The molecule has 1 amide bonds. The maximum Gasteiger partial charge on any atom is 0.271 e. The molecule has 2 rings (SSSR count). The van der Waals surface area contributed by atoms with Crippen molar-refractivity contribution in [3.05, 3.63) is 63.6 Å². The first-order chi connectivity index (χ1) is 10.1. The summed E-state index contributed by atoms with van der Waals surface area (Å²) in [5, 5.41) is 6.92. The molecule has 0 spiro atoms. The van der Waals surface area contributed by atoms with Gasteiger partial charge in [-0.25, -0.2) is 4.68 Å². The molecule has 0 aliphatic heterocycles. The number of amides is 1. The van der Waals surface area contributed by atoms with Gasteiger partial charge in [-0.15, -0.1) is 0 Å². The van der Waals surface area contributed by atoms with Gasteiger partial charge in [0.2, 0.25) is 0 Å². The third-order valence-electron chi connectivity index (χ3n) is 3.24. The standard InChI is InChI=1S/C16H19N3O2/c1-3-10-19-15(20)9-8-14(18-19)16(21)17-11-13-7-5-4-6-12(13)2/h4-9H,3,10-11H2,1-2H3,(H,17,21). The van der Waals surface area contributed by atoms with E-state index in [0.717, 1.165) is 17.5 Å². The van der Waals surface area contributed by atoms with Gasteiger partial charge in [0.15, 0.2) is 0 Å². The Kier molecular flexibility index (Phi) is 4.87. The number of nitrogens with zero attached hydrogens (tertiary/aromatic N) is 2. The van der Waals surface area contributed by atoms with E-state index in [2.05, 4.69) is 10.4 Å². The van der Waals surface area contributed by atoms with Crippen LogP contribution >= 0.6 is 0 Å². The van der Waals surface area contributed by atoms with Gasteiger partial charge in [0.1, 0.15) is 5.69 Å². The summed E-state index contributed by atoms with van der Waals surface area (Å²) < 4.78 is 1.32. The molecule has 1 aromatic carbocycles. The van der Waals surface area contributed by atoms with Gasteiger partial charge in [-0.2, -0.15) is 5.10 Å². The van der Waals surface area contributed by atoms with Crippen LogP contribution in [0.5, 0.6) is 0 Å². The van der Waals surface area contributed by atoms with Gasteiger partial charge in [0.05, 0.1) is 0 Å². The summed E-state index contributed by atoms with van der Waals surface area (Å²) in [7, 11) is 0. The summed E-state index contributed by atoms with van der Waals surface area (Å²) in [6.45, 7) is 4.91. The topological polar surface area (TPSA) is 64.0 Å². The highest BCUT2D eigenvalue weighted by molar-refractivity contribution is 5.91. The molecule has 110 valence electrons. The molecule has 0 saturated heterocycles. The van der Waals surface area contributed by atoms with Crippen LogP contribution in [0.2, 0.25) is 0 Å². The van der Waals surface area contributed by atoms with Crippen molar-refractivity contribution in [3.63, 3.8) is 0 Å². The van der Waals surface area contributed by atoms with Gasteiger partial charge < -0.3 is 5.32 Å². The zero-order valence-electron chi connectivity index (χ0n) is 12.3. The average molecular weight is 285 g/mol. The zero-order valence-corrected chi connectivity index (χ0v) is 12.3. The highest BCUT2D eigenvalue weighted by atomic mass is 16.2. The van der Waals surface area contributed by atoms with Gasteiger partial charge in [0, 0.05) is 19.2 Å². The Morgan fingerprint density at radius 1 is 1.24 bits per heavy atom. The molecule has 0 bridgehead atoms. The largest absolute Gasteiger partial charge is 0.347 e. The third kappa shape index (κ3) is 3.78. The normalized spacial score (nSPS) is 10.4. The Bertz CT molecular complexity index is 692. The molecule has 5 heteroatoms. The van der Waals surface area contributed by atoms with Gasteiger partial charge in [0.25, 0.3) is 11.5 Å². The number of hydrogen-bond donors (Lipinski definition) is 1. The van der Waals surface area contributed by atoms with E-state index in [-0.39, 0.29) is 17.2 Å². The van der Waals surface area contributed by atoms with E-state index in [1.807, 2.05) is 38.1 Å². The van der Waals surface area contributed by atoms with Crippen LogP contribution in [0.4, 0.5) is 0 Å². The van der Waals surface area contributed by atoms with Gasteiger partial charge in [-0.1, -0.05) is 31.2 Å². The maximum atomic E-state index is 12.1. The van der Waals surface area contributed by atoms with Crippen LogP contribution in [0.15, 0.2) is 41.2 Å². The summed E-state index contributed by atoms with van der Waals surface area (Å²) in [6.07, 6.45) is 0.793. The minimum atomic E-state index is -0.275. The van der Waals surface area contributed by atoms with E-state index >= 15 is 0 Å². The number of carbonyl (C=O) groups excluding carboxylic acids is 1. The molecule has 5 nitrogen and oxygen atoms in total. The number of aromatic nitrogens is 2. The monoisotopic (exact) mass is 285 g/mol. The smallest absolute Gasteiger partial charge is 0.271 e. The Morgan fingerprint density at radius 3 is 2.71 bits per heavy atom. The Hall–Kier alpha value is -2.43. The molecule has 0 aliphatic carbocycles. The zero-order chi connectivity index (χ0) is 15.2. The van der Waals surface area contributed by atoms with E-state index in [0.29, 0.717) is 13.1 Å². The van der Waals surface area contributed by atoms with Gasteiger partial charge in [-0.3, -0.25) is 9.59 Å². The molecular formula is C16H19N3O2. The quantitative estimate of drug-likeness (QED) is 0.912. The second-order valence-electron chi connectivity index (χ2n) is 4.89. The van der Waals surface area contributed by atoms with Crippen LogP contribution in [0.25, 0.3) is 0 Å². The van der Waals surface area contributed by atoms with Crippen molar-refractivity contribution < 1.29 is 4.79 Å². The first-order valence-corrected chi connectivity index (χ1v) is 7.02. The van der Waals surface area contributed by atoms with E-state index in [4.69, 9.17) is 0 Å². The average Bonchev–Trinajstić information content (AvgIpc) is 2.48. The van der Waals surface area contributed by atoms with Crippen LogP contribution in [0.3, 0.4) is 0 Å². The van der Waals surface area contributed by atoms with E-state index in [1.165, 1.54) is 16.8 Å². The lowest BCUT2D eigenvalue weighted by atomic mass is 10.1. The minimum Gasteiger partial charge on any atom is -0.347 e. The Morgan fingerprint density at radius 2 is 2.00 bits per heavy atom. The second-order valence-corrected chi connectivity index (χ2v) is 4.89. The van der Waals surface area contributed by atoms with Crippen molar-refractivity contribution in [3.8, 4) is 0 Å². The molecule has 0 aliphatic rings. The van der Waals surface area contributed by atoms with E-state index in [9.17, 15) is 9.59 Å². The van der Waals surface area contributed by atoms with E-state index in [1.54, 1.807) is 0 Å². The SMILES string of the molecule is CCCn1nc(C(=O)NCc2ccccc2C)ccc1=O. The van der Waals surface area contributed by atoms with Crippen molar-refractivity contribution in [2.75, 3.05) is 0 Å². The molecule has 2 aromatic rings. The first-order valence-electron chi connectivity index (χ1n) is 7.02. The lowest BCUT2D eigenvalue weighted by Gasteiger charge is -2.08. The molecule has 0 atom stereocenters. The van der Waals surface area contributed by atoms with Crippen molar-refractivity contribution >= 4 is 5.91 Å². The van der Waals surface area contributed by atoms with Crippen molar-refractivity contribution in [1.29, 1.82) is 0 Å². The van der Waals surface area contributed by atoms with Gasteiger partial charge >= 0.3 is 0 Å². The second kappa shape index (κ2) is 6.83. The van der Waals surface area contributed by atoms with Crippen molar-refractivity contribution in [2.45, 2.75) is 33.4 Å². The van der Waals surface area contributed by atoms with Crippen LogP contribution in [-0.4, -0.2) is 15.7 Å². The van der Waals surface area contributed by atoms with Crippen molar-refractivity contribution in [2.24, 2.45) is 0 Å². The number of hydrogen-bond acceptors (Lipinski definition) is 3. The van der Waals surface area contributed by atoms with Crippen LogP contribution in [-0.2, 0) is 13.1 Å². The van der Waals surface area contributed by atoms with Crippen LogP contribution in [0.1, 0.15) is 35.0 Å². The molecule has 0 fully saturated rings. The van der Waals surface area contributed by atoms with Crippen LogP contribution < -0.4 is 10.9 Å². The summed E-state index contributed by atoms with van der Waals surface area (Å²) in [6, 6.07) is 10.7. The highest BCUT2D eigenvalue weighted by Gasteiger charge is 2.09. The molecule has 1 heterocycles. The number of aryl methyl sites for hydroxylation is 2. The predicted octanol–water partition coefficient (Wildman–Crippen LogP) is 1.89. The summed E-state index contributed by atoms with van der Waals surface area (Å²) >= 11 is 0. The summed E-state index contributed by atoms with van der Waals surface area (Å²) in [5.74, 6) is -0.275. The first kappa shape index (κ1) is 15.0. The summed E-state index contributed by atoms with van der Waals surface area (Å²) in [5.41, 5.74) is 2.26. The number of rotatable bonds is 5. The van der Waals surface area contributed by atoms with Crippen molar-refractivity contribution in [1.82, 2.24) is 15.1 Å². The molecule has 0 radical (unpaired) electrons. The number of nitrogens with one attached hydrogen (secondary N) is 1. The fourth-order valence-electron chi connectivity index (χ4n) is 2.02. The van der Waals surface area contributed by atoms with E-state index < -0.39 is 0 Å². The van der Waals surface area contributed by atoms with Gasteiger partial charge in [-0.05, 0) is 30.5 Å². The number of benzene rings is 1. The molecule has 1 aromatic heterocycles. The fourth-order valence-corrected chi connectivity index (χ4v) is 2.02. The lowest BCUT2D eigenvalue weighted by Crippen LogP contribution is -2.29. The Labute approximate surface area is 123 Å². The lowest BCUT2D eigenvalue weighted by molar-refractivity contribution is 0.0943. The molecule has 0 saturated carbocycles. The Balaban J connectivity index is 2.09. The molecule has 1 N–H and O–H groups in total. The summed E-state index contributed by atoms with van der Waals surface area (Å²) in [4.78, 5) is 23.7. The minimum absolute atomic E-state index is 0.188. The molecular weight excluding hydrogens is 266 g/mol. The predicted molar refractivity (Wildman–Crippen MR) is 81.1 cm³/mol.